The highest BCUT2D eigenvalue weighted by Gasteiger charge is 2.14. The lowest BCUT2D eigenvalue weighted by Gasteiger charge is -2.26. The third kappa shape index (κ3) is 4.21. The highest BCUT2D eigenvalue weighted by molar-refractivity contribution is 5.81. The molecular formula is C22H26FN5O2. The van der Waals surface area contributed by atoms with Crippen LogP contribution in [0.1, 0.15) is 11.4 Å². The van der Waals surface area contributed by atoms with Crippen molar-refractivity contribution in [2.45, 2.75) is 13.5 Å². The number of aryl methyl sites for hydroxylation is 1. The van der Waals surface area contributed by atoms with Crippen molar-refractivity contribution in [2.24, 2.45) is 5.73 Å². The maximum Gasteiger partial charge on any atom is 0.266 e. The number of fused-ring (bicyclic) bond motifs is 1. The third-order valence-electron chi connectivity index (χ3n) is 5.39. The number of ether oxygens (including phenoxy) is 1. The number of hydrogen-bond acceptors (Lipinski definition) is 6. The average Bonchev–Trinajstić information content (AvgIpc) is 2.75. The fraction of sp³-hybridized carbons (Fsp3) is 0.364. The fourth-order valence-electron chi connectivity index (χ4n) is 3.73. The molecule has 3 N–H and O–H groups in total. The van der Waals surface area contributed by atoms with E-state index < -0.39 is 5.82 Å². The second-order valence-corrected chi connectivity index (χ2v) is 7.40. The molecule has 2 aromatic carbocycles. The maximum atomic E-state index is 14.6. The molecule has 0 aliphatic carbocycles. The van der Waals surface area contributed by atoms with Gasteiger partial charge in [-0.15, -0.1) is 0 Å². The third-order valence-corrected chi connectivity index (χ3v) is 5.39. The van der Waals surface area contributed by atoms with Crippen molar-refractivity contribution in [3.05, 3.63) is 64.0 Å². The molecule has 158 valence electrons. The Morgan fingerprint density at radius 2 is 2.00 bits per heavy atom. The van der Waals surface area contributed by atoms with Gasteiger partial charge in [0.1, 0.15) is 11.6 Å². The lowest BCUT2D eigenvalue weighted by atomic mass is 10.1. The number of rotatable bonds is 6. The zero-order valence-corrected chi connectivity index (χ0v) is 17.0. The van der Waals surface area contributed by atoms with Gasteiger partial charge in [-0.3, -0.25) is 14.3 Å². The molecule has 0 saturated carbocycles. The summed E-state index contributed by atoms with van der Waals surface area (Å²) in [5, 5.41) is 3.83. The molecule has 0 spiro atoms. The van der Waals surface area contributed by atoms with Crippen LogP contribution in [0.25, 0.3) is 16.6 Å². The standard InChI is InChI=1S/C22H26FN5O2/c1-15-26-20-13-17(25-6-7-27-8-10-30-11-9-27)3-4-18(20)22(29)28(15)21-5-2-16(14-24)12-19(21)23/h2-5,12-13,25H,6-11,14,24H2,1H3. The molecule has 3 aromatic rings. The van der Waals surface area contributed by atoms with Crippen LogP contribution in [0.5, 0.6) is 0 Å². The minimum absolute atomic E-state index is 0.178. The van der Waals surface area contributed by atoms with E-state index in [1.165, 1.54) is 10.6 Å². The Hall–Kier alpha value is -2.81. The normalized spacial score (nSPS) is 14.9. The van der Waals surface area contributed by atoms with Gasteiger partial charge in [-0.1, -0.05) is 6.07 Å². The molecule has 0 unspecified atom stereocenters. The first-order valence-corrected chi connectivity index (χ1v) is 10.1. The average molecular weight is 411 g/mol. The topological polar surface area (TPSA) is 85.4 Å². The first-order chi connectivity index (χ1) is 14.6. The molecule has 30 heavy (non-hydrogen) atoms. The number of nitrogens with one attached hydrogen (secondary N) is 1. The van der Waals surface area contributed by atoms with Crippen LogP contribution in [0, 0.1) is 12.7 Å². The van der Waals surface area contributed by atoms with E-state index in [1.807, 2.05) is 12.1 Å². The van der Waals surface area contributed by atoms with Crippen LogP contribution in [-0.2, 0) is 11.3 Å². The molecule has 0 amide bonds. The maximum absolute atomic E-state index is 14.6. The number of hydrogen-bond donors (Lipinski definition) is 2. The van der Waals surface area contributed by atoms with E-state index >= 15 is 0 Å². The minimum atomic E-state index is -0.495. The highest BCUT2D eigenvalue weighted by atomic mass is 19.1. The Balaban J connectivity index is 1.58. The van der Waals surface area contributed by atoms with Gasteiger partial charge < -0.3 is 15.8 Å². The molecule has 8 heteroatoms. The molecule has 1 aliphatic rings. The summed E-state index contributed by atoms with van der Waals surface area (Å²) in [6, 6.07) is 10.1. The smallest absolute Gasteiger partial charge is 0.266 e. The summed E-state index contributed by atoms with van der Waals surface area (Å²) in [4.78, 5) is 20.0. The van der Waals surface area contributed by atoms with Gasteiger partial charge in [0.05, 0.1) is 29.8 Å². The van der Waals surface area contributed by atoms with Crippen LogP contribution in [0.2, 0.25) is 0 Å². The largest absolute Gasteiger partial charge is 0.384 e. The molecule has 1 aliphatic heterocycles. The summed E-state index contributed by atoms with van der Waals surface area (Å²) in [5.74, 6) is -0.0666. The van der Waals surface area contributed by atoms with E-state index in [0.717, 1.165) is 45.1 Å². The SMILES string of the molecule is Cc1nc2cc(NCCN3CCOCC3)ccc2c(=O)n1-c1ccc(CN)cc1F. The van der Waals surface area contributed by atoms with Crippen LogP contribution in [0.15, 0.2) is 41.2 Å². The Bertz CT molecular complexity index is 1110. The lowest BCUT2D eigenvalue weighted by Crippen LogP contribution is -2.39. The molecule has 7 nitrogen and oxygen atoms in total. The van der Waals surface area contributed by atoms with Crippen molar-refractivity contribution >= 4 is 16.6 Å². The lowest BCUT2D eigenvalue weighted by molar-refractivity contribution is 0.0398. The van der Waals surface area contributed by atoms with Gasteiger partial charge in [0.15, 0.2) is 0 Å². The number of morpholine rings is 1. The van der Waals surface area contributed by atoms with Gasteiger partial charge in [0, 0.05) is 38.4 Å². The molecule has 0 atom stereocenters. The number of aromatic nitrogens is 2. The zero-order valence-electron chi connectivity index (χ0n) is 17.0. The van der Waals surface area contributed by atoms with Crippen molar-refractivity contribution in [1.29, 1.82) is 0 Å². The Labute approximate surface area is 174 Å². The van der Waals surface area contributed by atoms with Crippen molar-refractivity contribution < 1.29 is 9.13 Å². The van der Waals surface area contributed by atoms with E-state index in [2.05, 4.69) is 15.2 Å². The van der Waals surface area contributed by atoms with Crippen LogP contribution in [0.4, 0.5) is 10.1 Å². The van der Waals surface area contributed by atoms with Crippen LogP contribution in [-0.4, -0.2) is 53.8 Å². The highest BCUT2D eigenvalue weighted by Crippen LogP contribution is 2.19. The van der Waals surface area contributed by atoms with Gasteiger partial charge in [0.2, 0.25) is 0 Å². The molecule has 2 heterocycles. The molecule has 0 radical (unpaired) electrons. The molecule has 1 aromatic heterocycles. The van der Waals surface area contributed by atoms with Crippen molar-refractivity contribution in [3.8, 4) is 5.69 Å². The van der Waals surface area contributed by atoms with Gasteiger partial charge in [-0.25, -0.2) is 9.37 Å². The van der Waals surface area contributed by atoms with Crippen LogP contribution < -0.4 is 16.6 Å². The van der Waals surface area contributed by atoms with E-state index in [1.54, 1.807) is 25.1 Å². The van der Waals surface area contributed by atoms with Crippen LogP contribution >= 0.6 is 0 Å². The minimum Gasteiger partial charge on any atom is -0.384 e. The van der Waals surface area contributed by atoms with E-state index in [-0.39, 0.29) is 17.8 Å². The number of anilines is 1. The summed E-state index contributed by atoms with van der Waals surface area (Å²) in [5.41, 5.74) is 7.61. The number of nitrogens with zero attached hydrogens (tertiary/aromatic N) is 3. The van der Waals surface area contributed by atoms with E-state index in [4.69, 9.17) is 10.5 Å². The Morgan fingerprint density at radius 3 is 2.73 bits per heavy atom. The van der Waals surface area contributed by atoms with Gasteiger partial charge in [-0.2, -0.15) is 0 Å². The first-order valence-electron chi connectivity index (χ1n) is 10.1. The number of nitrogens with two attached hydrogens (primary N) is 1. The van der Waals surface area contributed by atoms with E-state index in [0.29, 0.717) is 22.3 Å². The Morgan fingerprint density at radius 1 is 1.20 bits per heavy atom. The monoisotopic (exact) mass is 411 g/mol. The molecular weight excluding hydrogens is 385 g/mol. The van der Waals surface area contributed by atoms with Crippen LogP contribution in [0.3, 0.4) is 0 Å². The second kappa shape index (κ2) is 8.91. The molecule has 1 fully saturated rings. The zero-order chi connectivity index (χ0) is 21.1. The quantitative estimate of drug-likeness (QED) is 0.646. The summed E-state index contributed by atoms with van der Waals surface area (Å²) in [7, 11) is 0. The van der Waals surface area contributed by atoms with Crippen molar-refractivity contribution in [2.75, 3.05) is 44.7 Å². The molecule has 0 bridgehead atoms. The van der Waals surface area contributed by atoms with E-state index in [9.17, 15) is 9.18 Å². The molecule has 4 rings (SSSR count). The number of halogens is 1. The van der Waals surface area contributed by atoms with Gasteiger partial charge in [0.25, 0.3) is 5.56 Å². The summed E-state index contributed by atoms with van der Waals surface area (Å²) < 4.78 is 21.2. The van der Waals surface area contributed by atoms with Gasteiger partial charge in [-0.05, 0) is 42.8 Å². The summed E-state index contributed by atoms with van der Waals surface area (Å²) in [6.45, 7) is 7.11. The predicted molar refractivity (Wildman–Crippen MR) is 116 cm³/mol. The summed E-state index contributed by atoms with van der Waals surface area (Å²) in [6.07, 6.45) is 0. The van der Waals surface area contributed by atoms with Crippen molar-refractivity contribution in [1.82, 2.24) is 14.5 Å². The first kappa shape index (κ1) is 20.5. The second-order valence-electron chi connectivity index (χ2n) is 7.40. The fourth-order valence-corrected chi connectivity index (χ4v) is 3.73. The molecule has 1 saturated heterocycles. The Kier molecular flexibility index (Phi) is 6.08. The van der Waals surface area contributed by atoms with Crippen molar-refractivity contribution in [3.63, 3.8) is 0 Å². The predicted octanol–water partition coefficient (Wildman–Crippen LogP) is 2.04. The van der Waals surface area contributed by atoms with Gasteiger partial charge >= 0.3 is 0 Å². The summed E-state index contributed by atoms with van der Waals surface area (Å²) >= 11 is 0. The number of benzene rings is 2.